The van der Waals surface area contributed by atoms with Gasteiger partial charge in [-0.1, -0.05) is 6.92 Å². The first-order chi connectivity index (χ1) is 10.7. The van der Waals surface area contributed by atoms with Crippen LogP contribution < -0.4 is 10.2 Å². The average Bonchev–Trinajstić information content (AvgIpc) is 3.02. The smallest absolute Gasteiger partial charge is 0.238 e. The van der Waals surface area contributed by atoms with Crippen molar-refractivity contribution in [3.63, 3.8) is 0 Å². The SMILES string of the molecule is C[C@@H]1CCCN(CC(=O)Nc2ccc(N3CCCC3)cc2)C1. The molecule has 2 saturated heterocycles. The topological polar surface area (TPSA) is 35.6 Å². The lowest BCUT2D eigenvalue weighted by Gasteiger charge is -2.30. The monoisotopic (exact) mass is 301 g/mol. The van der Waals surface area contributed by atoms with Crippen LogP contribution in [0.5, 0.6) is 0 Å². The van der Waals surface area contributed by atoms with E-state index in [9.17, 15) is 4.79 Å². The van der Waals surface area contributed by atoms with Crippen molar-refractivity contribution in [3.05, 3.63) is 24.3 Å². The van der Waals surface area contributed by atoms with Gasteiger partial charge in [0.25, 0.3) is 0 Å². The van der Waals surface area contributed by atoms with Crippen LogP contribution in [0.1, 0.15) is 32.6 Å². The minimum absolute atomic E-state index is 0.100. The van der Waals surface area contributed by atoms with Crippen LogP contribution in [0.25, 0.3) is 0 Å². The number of carbonyl (C=O) groups is 1. The summed E-state index contributed by atoms with van der Waals surface area (Å²) in [7, 11) is 0. The molecule has 120 valence electrons. The summed E-state index contributed by atoms with van der Waals surface area (Å²) in [5.41, 5.74) is 2.17. The quantitative estimate of drug-likeness (QED) is 0.929. The molecule has 0 saturated carbocycles. The van der Waals surface area contributed by atoms with Crippen LogP contribution in [0, 0.1) is 5.92 Å². The van der Waals surface area contributed by atoms with Gasteiger partial charge in [-0.3, -0.25) is 9.69 Å². The number of likely N-dealkylation sites (tertiary alicyclic amines) is 1. The van der Waals surface area contributed by atoms with Gasteiger partial charge in [0.15, 0.2) is 0 Å². The van der Waals surface area contributed by atoms with Gasteiger partial charge in [-0.25, -0.2) is 0 Å². The molecule has 2 fully saturated rings. The summed E-state index contributed by atoms with van der Waals surface area (Å²) in [6.07, 6.45) is 5.06. The molecule has 1 aromatic carbocycles. The highest BCUT2D eigenvalue weighted by atomic mass is 16.2. The number of carbonyl (C=O) groups excluding carboxylic acids is 1. The molecule has 2 aliphatic rings. The standard InChI is InChI=1S/C18H27N3O/c1-15-5-4-10-20(13-15)14-18(22)19-16-6-8-17(9-7-16)21-11-2-3-12-21/h6-9,15H,2-5,10-14H2,1H3,(H,19,22)/t15-/m1/s1. The van der Waals surface area contributed by atoms with Crippen molar-refractivity contribution in [2.45, 2.75) is 32.6 Å². The second-order valence-electron chi connectivity index (χ2n) is 6.77. The first-order valence-electron chi connectivity index (χ1n) is 8.58. The van der Waals surface area contributed by atoms with Crippen LogP contribution in [-0.4, -0.2) is 43.5 Å². The Morgan fingerprint density at radius 2 is 1.86 bits per heavy atom. The van der Waals surface area contributed by atoms with Crippen molar-refractivity contribution in [1.82, 2.24) is 4.90 Å². The maximum atomic E-state index is 12.2. The highest BCUT2D eigenvalue weighted by Gasteiger charge is 2.18. The number of benzene rings is 1. The Balaban J connectivity index is 1.50. The Morgan fingerprint density at radius 3 is 2.55 bits per heavy atom. The fourth-order valence-corrected chi connectivity index (χ4v) is 3.56. The van der Waals surface area contributed by atoms with Crippen molar-refractivity contribution in [2.75, 3.05) is 42.9 Å². The molecule has 1 atom stereocenters. The van der Waals surface area contributed by atoms with Gasteiger partial charge in [-0.15, -0.1) is 0 Å². The molecule has 1 N–H and O–H groups in total. The largest absolute Gasteiger partial charge is 0.372 e. The summed E-state index contributed by atoms with van der Waals surface area (Å²) >= 11 is 0. The van der Waals surface area contributed by atoms with Gasteiger partial charge < -0.3 is 10.2 Å². The molecule has 0 unspecified atom stereocenters. The number of hydrogen-bond acceptors (Lipinski definition) is 3. The summed E-state index contributed by atoms with van der Waals surface area (Å²) in [4.78, 5) is 16.8. The predicted molar refractivity (Wildman–Crippen MR) is 91.4 cm³/mol. The number of piperidine rings is 1. The van der Waals surface area contributed by atoms with Crippen molar-refractivity contribution < 1.29 is 4.79 Å². The predicted octanol–water partition coefficient (Wildman–Crippen LogP) is 2.96. The van der Waals surface area contributed by atoms with Crippen LogP contribution in [0.3, 0.4) is 0 Å². The second-order valence-corrected chi connectivity index (χ2v) is 6.77. The minimum Gasteiger partial charge on any atom is -0.372 e. The van der Waals surface area contributed by atoms with E-state index in [-0.39, 0.29) is 5.91 Å². The molecule has 0 spiro atoms. The minimum atomic E-state index is 0.100. The van der Waals surface area contributed by atoms with Crippen molar-refractivity contribution >= 4 is 17.3 Å². The Kier molecular flexibility index (Phi) is 4.98. The van der Waals surface area contributed by atoms with Gasteiger partial charge in [0, 0.05) is 31.0 Å². The number of anilines is 2. The lowest BCUT2D eigenvalue weighted by Crippen LogP contribution is -2.39. The molecule has 4 heteroatoms. The van der Waals surface area contributed by atoms with E-state index < -0.39 is 0 Å². The van der Waals surface area contributed by atoms with E-state index in [1.54, 1.807) is 0 Å². The van der Waals surface area contributed by atoms with Crippen molar-refractivity contribution in [2.24, 2.45) is 5.92 Å². The van der Waals surface area contributed by atoms with E-state index in [0.717, 1.165) is 31.9 Å². The summed E-state index contributed by atoms with van der Waals surface area (Å²) in [5, 5.41) is 3.02. The van der Waals surface area contributed by atoms with E-state index in [0.29, 0.717) is 12.5 Å². The lowest BCUT2D eigenvalue weighted by atomic mass is 10.0. The normalized spacial score (nSPS) is 22.8. The number of nitrogens with one attached hydrogen (secondary N) is 1. The van der Waals surface area contributed by atoms with Crippen LogP contribution in [-0.2, 0) is 4.79 Å². The fraction of sp³-hybridized carbons (Fsp3) is 0.611. The van der Waals surface area contributed by atoms with Gasteiger partial charge >= 0.3 is 0 Å². The Hall–Kier alpha value is -1.55. The number of nitrogens with zero attached hydrogens (tertiary/aromatic N) is 2. The molecule has 0 aliphatic carbocycles. The Bertz CT molecular complexity index is 494. The molecule has 0 aromatic heterocycles. The maximum absolute atomic E-state index is 12.2. The molecule has 0 bridgehead atoms. The number of amides is 1. The summed E-state index contributed by atoms with van der Waals surface area (Å²) in [6, 6.07) is 8.27. The Morgan fingerprint density at radius 1 is 1.14 bits per heavy atom. The molecule has 22 heavy (non-hydrogen) atoms. The molecule has 1 aromatic rings. The van der Waals surface area contributed by atoms with Gasteiger partial charge in [0.2, 0.25) is 5.91 Å². The van der Waals surface area contributed by atoms with Gasteiger partial charge in [-0.2, -0.15) is 0 Å². The molecule has 1 amide bonds. The summed E-state index contributed by atoms with van der Waals surface area (Å²) in [6.45, 7) is 7.17. The van der Waals surface area contributed by atoms with Crippen molar-refractivity contribution in [3.8, 4) is 0 Å². The fourth-order valence-electron chi connectivity index (χ4n) is 3.56. The molecule has 3 rings (SSSR count). The van der Waals surface area contributed by atoms with Gasteiger partial charge in [0.05, 0.1) is 6.54 Å². The highest BCUT2D eigenvalue weighted by Crippen LogP contribution is 2.22. The zero-order chi connectivity index (χ0) is 15.4. The zero-order valence-electron chi connectivity index (χ0n) is 13.6. The van der Waals surface area contributed by atoms with E-state index in [4.69, 9.17) is 0 Å². The van der Waals surface area contributed by atoms with Crippen LogP contribution >= 0.6 is 0 Å². The van der Waals surface area contributed by atoms with E-state index in [1.165, 1.54) is 31.4 Å². The molecular weight excluding hydrogens is 274 g/mol. The maximum Gasteiger partial charge on any atom is 0.238 e. The highest BCUT2D eigenvalue weighted by molar-refractivity contribution is 5.92. The van der Waals surface area contributed by atoms with Crippen LogP contribution in [0.15, 0.2) is 24.3 Å². The third-order valence-corrected chi connectivity index (χ3v) is 4.73. The van der Waals surface area contributed by atoms with E-state index in [1.807, 2.05) is 12.1 Å². The molecule has 0 radical (unpaired) electrons. The first-order valence-corrected chi connectivity index (χ1v) is 8.58. The second kappa shape index (κ2) is 7.14. The lowest BCUT2D eigenvalue weighted by molar-refractivity contribution is -0.117. The zero-order valence-corrected chi connectivity index (χ0v) is 13.6. The number of hydrogen-bond donors (Lipinski definition) is 1. The first kappa shape index (κ1) is 15.3. The van der Waals surface area contributed by atoms with Crippen LogP contribution in [0.2, 0.25) is 0 Å². The third kappa shape index (κ3) is 4.01. The summed E-state index contributed by atoms with van der Waals surface area (Å²) < 4.78 is 0. The average molecular weight is 301 g/mol. The van der Waals surface area contributed by atoms with E-state index in [2.05, 4.69) is 34.2 Å². The summed E-state index contributed by atoms with van der Waals surface area (Å²) in [5.74, 6) is 0.810. The molecule has 4 nitrogen and oxygen atoms in total. The molecule has 2 aliphatic heterocycles. The van der Waals surface area contributed by atoms with Gasteiger partial charge in [0.1, 0.15) is 0 Å². The molecular formula is C18H27N3O. The Labute approximate surface area is 133 Å². The number of rotatable bonds is 4. The van der Waals surface area contributed by atoms with Crippen molar-refractivity contribution in [1.29, 1.82) is 0 Å². The van der Waals surface area contributed by atoms with Crippen LogP contribution in [0.4, 0.5) is 11.4 Å². The van der Waals surface area contributed by atoms with E-state index >= 15 is 0 Å². The molecule has 2 heterocycles. The van der Waals surface area contributed by atoms with Gasteiger partial charge in [-0.05, 0) is 62.4 Å². The third-order valence-electron chi connectivity index (χ3n) is 4.73.